The zero-order valence-corrected chi connectivity index (χ0v) is 16.1. The molecule has 0 aromatic heterocycles. The summed E-state index contributed by atoms with van der Waals surface area (Å²) in [5.74, 6) is -0.502. The van der Waals surface area contributed by atoms with E-state index in [1.165, 1.54) is 0 Å². The van der Waals surface area contributed by atoms with Gasteiger partial charge in [-0.2, -0.15) is 0 Å². The Morgan fingerprint density at radius 1 is 1.26 bits per heavy atom. The summed E-state index contributed by atoms with van der Waals surface area (Å²) in [6.07, 6.45) is -0.393. The predicted molar refractivity (Wildman–Crippen MR) is 103 cm³/mol. The molecule has 27 heavy (non-hydrogen) atoms. The first kappa shape index (κ1) is 19.2. The van der Waals surface area contributed by atoms with E-state index in [1.807, 2.05) is 31.2 Å². The maximum Gasteiger partial charge on any atom is 0.313 e. The summed E-state index contributed by atoms with van der Waals surface area (Å²) < 4.78 is 10.9. The zero-order chi connectivity index (χ0) is 19.4. The average molecular weight is 388 g/mol. The first-order valence-corrected chi connectivity index (χ1v) is 9.25. The van der Waals surface area contributed by atoms with Crippen LogP contribution in [-0.2, 0) is 27.3 Å². The van der Waals surface area contributed by atoms with Crippen LogP contribution >= 0.6 is 11.6 Å². The second-order valence-corrected chi connectivity index (χ2v) is 7.18. The lowest BCUT2D eigenvalue weighted by atomic mass is 9.97. The zero-order valence-electron chi connectivity index (χ0n) is 15.3. The highest BCUT2D eigenvalue weighted by atomic mass is 35.5. The molecule has 1 aliphatic rings. The fourth-order valence-corrected chi connectivity index (χ4v) is 3.07. The van der Waals surface area contributed by atoms with Crippen molar-refractivity contribution in [2.75, 3.05) is 6.61 Å². The van der Waals surface area contributed by atoms with E-state index in [-0.39, 0.29) is 12.5 Å². The van der Waals surface area contributed by atoms with Gasteiger partial charge in [0.15, 0.2) is 6.10 Å². The second kappa shape index (κ2) is 8.44. The van der Waals surface area contributed by atoms with Crippen LogP contribution in [0.15, 0.2) is 42.5 Å². The lowest BCUT2D eigenvalue weighted by Gasteiger charge is -2.25. The average Bonchev–Trinajstić information content (AvgIpc) is 2.66. The third-order valence-electron chi connectivity index (χ3n) is 4.51. The normalized spacial score (nSPS) is 16.6. The summed E-state index contributed by atoms with van der Waals surface area (Å²) in [4.78, 5) is 24.6. The van der Waals surface area contributed by atoms with Gasteiger partial charge in [-0.25, -0.2) is 0 Å². The molecule has 0 saturated heterocycles. The highest BCUT2D eigenvalue weighted by Crippen LogP contribution is 2.30. The van der Waals surface area contributed by atoms with Gasteiger partial charge in [0, 0.05) is 11.6 Å². The van der Waals surface area contributed by atoms with E-state index < -0.39 is 18.0 Å². The van der Waals surface area contributed by atoms with Gasteiger partial charge in [-0.1, -0.05) is 41.4 Å². The molecule has 0 radical (unpaired) electrons. The van der Waals surface area contributed by atoms with Crippen molar-refractivity contribution in [3.8, 4) is 5.75 Å². The summed E-state index contributed by atoms with van der Waals surface area (Å²) in [6.45, 7) is 4.19. The fraction of sp³-hybridized carbons (Fsp3) is 0.333. The summed E-state index contributed by atoms with van der Waals surface area (Å²) in [5, 5.41) is 3.38. The summed E-state index contributed by atoms with van der Waals surface area (Å²) in [5.41, 5.74) is 3.01. The second-order valence-electron chi connectivity index (χ2n) is 6.75. The SMILES string of the molecule is Cc1ccc(CNC(=O)[C@@H](C)OC(=O)[C@H]2COc3ccc(Cl)cc3C2)cc1. The largest absolute Gasteiger partial charge is 0.492 e. The Morgan fingerprint density at radius 3 is 2.74 bits per heavy atom. The van der Waals surface area contributed by atoms with Crippen LogP contribution in [0, 0.1) is 12.8 Å². The number of ether oxygens (including phenoxy) is 2. The van der Waals surface area contributed by atoms with E-state index in [9.17, 15) is 9.59 Å². The molecule has 142 valence electrons. The van der Waals surface area contributed by atoms with E-state index >= 15 is 0 Å². The molecule has 0 bridgehead atoms. The molecule has 2 atom stereocenters. The molecule has 1 amide bonds. The molecule has 0 spiro atoms. The Balaban J connectivity index is 1.51. The molecule has 0 fully saturated rings. The van der Waals surface area contributed by atoms with Crippen molar-refractivity contribution < 1.29 is 19.1 Å². The molecule has 0 aliphatic carbocycles. The molecule has 2 aromatic carbocycles. The molecule has 2 aromatic rings. The number of amides is 1. The molecule has 1 aliphatic heterocycles. The quantitative estimate of drug-likeness (QED) is 0.798. The van der Waals surface area contributed by atoms with Gasteiger partial charge in [0.2, 0.25) is 0 Å². The third-order valence-corrected chi connectivity index (χ3v) is 4.75. The molecule has 0 unspecified atom stereocenters. The minimum Gasteiger partial charge on any atom is -0.492 e. The highest BCUT2D eigenvalue weighted by Gasteiger charge is 2.30. The first-order valence-electron chi connectivity index (χ1n) is 8.87. The van der Waals surface area contributed by atoms with E-state index in [2.05, 4.69) is 5.32 Å². The minimum atomic E-state index is -0.872. The number of carbonyl (C=O) groups excluding carboxylic acids is 2. The molecule has 0 saturated carbocycles. The van der Waals surface area contributed by atoms with Gasteiger partial charge in [0.05, 0.1) is 5.92 Å². The topological polar surface area (TPSA) is 64.6 Å². The van der Waals surface area contributed by atoms with Crippen molar-refractivity contribution in [1.82, 2.24) is 5.32 Å². The van der Waals surface area contributed by atoms with Crippen molar-refractivity contribution in [3.05, 3.63) is 64.2 Å². The Hall–Kier alpha value is -2.53. The summed E-state index contributed by atoms with van der Waals surface area (Å²) in [7, 11) is 0. The standard InChI is InChI=1S/C21H22ClNO4/c1-13-3-5-15(6-4-13)11-23-20(24)14(2)27-21(25)17-9-16-10-18(22)7-8-19(16)26-12-17/h3-8,10,14,17H,9,11-12H2,1-2H3,(H,23,24)/t14-,17-/m1/s1. The lowest BCUT2D eigenvalue weighted by Crippen LogP contribution is -2.38. The van der Waals surface area contributed by atoms with Gasteiger partial charge < -0.3 is 14.8 Å². The van der Waals surface area contributed by atoms with Crippen LogP contribution in [0.3, 0.4) is 0 Å². The monoisotopic (exact) mass is 387 g/mol. The number of aryl methyl sites for hydroxylation is 1. The van der Waals surface area contributed by atoms with E-state index in [0.717, 1.165) is 22.4 Å². The van der Waals surface area contributed by atoms with E-state index in [4.69, 9.17) is 21.1 Å². The van der Waals surface area contributed by atoms with E-state index in [0.29, 0.717) is 18.0 Å². The van der Waals surface area contributed by atoms with Gasteiger partial charge in [-0.3, -0.25) is 9.59 Å². The van der Waals surface area contributed by atoms with Gasteiger partial charge in [-0.15, -0.1) is 0 Å². The van der Waals surface area contributed by atoms with Gasteiger partial charge in [0.25, 0.3) is 5.91 Å². The number of nitrogens with one attached hydrogen (secondary N) is 1. The minimum absolute atomic E-state index is 0.227. The number of hydrogen-bond acceptors (Lipinski definition) is 4. The Labute approximate surface area is 163 Å². The Morgan fingerprint density at radius 2 is 2.00 bits per heavy atom. The molecular weight excluding hydrogens is 366 g/mol. The predicted octanol–water partition coefficient (Wildman–Crippen LogP) is 3.45. The van der Waals surface area contributed by atoms with Crippen molar-refractivity contribution in [1.29, 1.82) is 0 Å². The lowest BCUT2D eigenvalue weighted by molar-refractivity contribution is -0.160. The van der Waals surface area contributed by atoms with Gasteiger partial charge in [-0.05, 0) is 49.6 Å². The number of hydrogen-bond donors (Lipinski definition) is 1. The van der Waals surface area contributed by atoms with Crippen molar-refractivity contribution in [2.45, 2.75) is 32.9 Å². The third kappa shape index (κ3) is 5.01. The van der Waals surface area contributed by atoms with Gasteiger partial charge in [0.1, 0.15) is 12.4 Å². The van der Waals surface area contributed by atoms with Crippen LogP contribution in [-0.4, -0.2) is 24.6 Å². The number of carbonyl (C=O) groups is 2. The van der Waals surface area contributed by atoms with Crippen LogP contribution in [0.2, 0.25) is 5.02 Å². The number of rotatable bonds is 5. The molecular formula is C21H22ClNO4. The van der Waals surface area contributed by atoms with Crippen LogP contribution in [0.4, 0.5) is 0 Å². The van der Waals surface area contributed by atoms with Crippen LogP contribution in [0.25, 0.3) is 0 Å². The summed E-state index contributed by atoms with van der Waals surface area (Å²) in [6, 6.07) is 13.2. The van der Waals surface area contributed by atoms with Crippen molar-refractivity contribution in [3.63, 3.8) is 0 Å². The first-order chi connectivity index (χ1) is 12.9. The Bertz CT molecular complexity index is 835. The molecule has 3 rings (SSSR count). The summed E-state index contributed by atoms with van der Waals surface area (Å²) >= 11 is 6.00. The van der Waals surface area contributed by atoms with Gasteiger partial charge >= 0.3 is 5.97 Å². The molecule has 5 nitrogen and oxygen atoms in total. The van der Waals surface area contributed by atoms with Crippen LogP contribution in [0.1, 0.15) is 23.6 Å². The van der Waals surface area contributed by atoms with E-state index in [1.54, 1.807) is 25.1 Å². The maximum atomic E-state index is 12.4. The number of fused-ring (bicyclic) bond motifs is 1. The van der Waals surface area contributed by atoms with Crippen LogP contribution < -0.4 is 10.1 Å². The smallest absolute Gasteiger partial charge is 0.313 e. The van der Waals surface area contributed by atoms with Crippen molar-refractivity contribution in [2.24, 2.45) is 5.92 Å². The number of halogens is 1. The maximum absolute atomic E-state index is 12.4. The fourth-order valence-electron chi connectivity index (χ4n) is 2.88. The molecule has 6 heteroatoms. The van der Waals surface area contributed by atoms with Crippen LogP contribution in [0.5, 0.6) is 5.75 Å². The number of esters is 1. The molecule has 1 heterocycles. The van der Waals surface area contributed by atoms with Crippen molar-refractivity contribution >= 4 is 23.5 Å². The highest BCUT2D eigenvalue weighted by molar-refractivity contribution is 6.30. The molecule has 1 N–H and O–H groups in total. The number of benzene rings is 2. The Kier molecular flexibility index (Phi) is 6.01.